The van der Waals surface area contributed by atoms with Crippen LogP contribution in [0.2, 0.25) is 0 Å². The van der Waals surface area contributed by atoms with Gasteiger partial charge >= 0.3 is 6.18 Å². The van der Waals surface area contributed by atoms with Gasteiger partial charge in [-0.3, -0.25) is 9.48 Å². The highest BCUT2D eigenvalue weighted by molar-refractivity contribution is 5.84. The highest BCUT2D eigenvalue weighted by Gasteiger charge is 2.41. The van der Waals surface area contributed by atoms with Crippen molar-refractivity contribution in [3.63, 3.8) is 0 Å². The number of hydrogen-bond acceptors (Lipinski definition) is 4. The molecule has 0 atom stereocenters. The van der Waals surface area contributed by atoms with Crippen molar-refractivity contribution < 1.29 is 22.7 Å². The standard InChI is InChI=1S/C19H23F3N4O2/c1-14-3-4-15(16(11-14)28-13-19(20,21)22)12-24-17(27)18(5-8-23-9-6-18)26-10-2-7-25-26/h2-4,7,10-11,23H,5-6,8-9,12-13H2,1H3,(H,24,27). The van der Waals surface area contributed by atoms with Gasteiger partial charge in [-0.25, -0.2) is 0 Å². The van der Waals surface area contributed by atoms with E-state index in [1.165, 1.54) is 0 Å². The first kappa shape index (κ1) is 20.2. The van der Waals surface area contributed by atoms with E-state index < -0.39 is 18.3 Å². The van der Waals surface area contributed by atoms with Gasteiger partial charge in [-0.1, -0.05) is 12.1 Å². The smallest absolute Gasteiger partial charge is 0.422 e. The molecule has 1 saturated heterocycles. The predicted octanol–water partition coefficient (Wildman–Crippen LogP) is 2.53. The van der Waals surface area contributed by atoms with Crippen LogP contribution in [0, 0.1) is 6.92 Å². The normalized spacial score (nSPS) is 16.6. The minimum Gasteiger partial charge on any atom is -0.484 e. The molecule has 152 valence electrons. The SMILES string of the molecule is Cc1ccc(CNC(=O)C2(n3cccn3)CCNCC2)c(OCC(F)(F)F)c1. The monoisotopic (exact) mass is 396 g/mol. The van der Waals surface area contributed by atoms with Gasteiger partial charge in [0.15, 0.2) is 6.61 Å². The molecule has 0 unspecified atom stereocenters. The van der Waals surface area contributed by atoms with Gasteiger partial charge in [0, 0.05) is 24.5 Å². The number of carbonyl (C=O) groups is 1. The molecule has 1 aliphatic heterocycles. The van der Waals surface area contributed by atoms with Gasteiger partial charge in [-0.15, -0.1) is 0 Å². The van der Waals surface area contributed by atoms with Crippen LogP contribution in [-0.2, 0) is 16.9 Å². The fraction of sp³-hybridized carbons (Fsp3) is 0.474. The fourth-order valence-electron chi connectivity index (χ4n) is 3.36. The molecular weight excluding hydrogens is 373 g/mol. The summed E-state index contributed by atoms with van der Waals surface area (Å²) in [6, 6.07) is 6.75. The summed E-state index contributed by atoms with van der Waals surface area (Å²) in [5.41, 5.74) is 0.457. The highest BCUT2D eigenvalue weighted by atomic mass is 19.4. The van der Waals surface area contributed by atoms with E-state index in [-0.39, 0.29) is 18.2 Å². The Balaban J connectivity index is 1.74. The first-order chi connectivity index (χ1) is 13.3. The summed E-state index contributed by atoms with van der Waals surface area (Å²) in [4.78, 5) is 13.1. The summed E-state index contributed by atoms with van der Waals surface area (Å²) in [7, 11) is 0. The van der Waals surface area contributed by atoms with Crippen molar-refractivity contribution in [1.29, 1.82) is 0 Å². The molecule has 0 aliphatic carbocycles. The topological polar surface area (TPSA) is 68.2 Å². The molecule has 9 heteroatoms. The Labute approximate surface area is 161 Å². The molecular formula is C19H23F3N4O2. The molecule has 1 amide bonds. The van der Waals surface area contributed by atoms with Crippen LogP contribution in [0.5, 0.6) is 5.75 Å². The lowest BCUT2D eigenvalue weighted by molar-refractivity contribution is -0.153. The summed E-state index contributed by atoms with van der Waals surface area (Å²) in [6.07, 6.45) is 0.107. The number of rotatable bonds is 6. The van der Waals surface area contributed by atoms with Crippen LogP contribution in [0.15, 0.2) is 36.7 Å². The van der Waals surface area contributed by atoms with Crippen molar-refractivity contribution >= 4 is 5.91 Å². The lowest BCUT2D eigenvalue weighted by Gasteiger charge is -2.36. The minimum absolute atomic E-state index is 0.0722. The molecule has 0 radical (unpaired) electrons. The second kappa shape index (κ2) is 8.22. The number of amides is 1. The first-order valence-corrected chi connectivity index (χ1v) is 9.08. The van der Waals surface area contributed by atoms with Gasteiger partial charge in [-0.05, 0) is 50.6 Å². The van der Waals surface area contributed by atoms with Crippen LogP contribution >= 0.6 is 0 Å². The van der Waals surface area contributed by atoms with E-state index >= 15 is 0 Å². The Bertz CT molecular complexity index is 800. The third-order valence-corrected chi connectivity index (χ3v) is 4.85. The number of piperidine rings is 1. The van der Waals surface area contributed by atoms with Gasteiger partial charge < -0.3 is 15.4 Å². The van der Waals surface area contributed by atoms with Crippen LogP contribution in [0.3, 0.4) is 0 Å². The second-order valence-corrected chi connectivity index (χ2v) is 6.93. The van der Waals surface area contributed by atoms with Crippen molar-refractivity contribution in [1.82, 2.24) is 20.4 Å². The van der Waals surface area contributed by atoms with E-state index in [0.29, 0.717) is 31.5 Å². The number of nitrogens with one attached hydrogen (secondary N) is 2. The molecule has 1 aromatic carbocycles. The Hall–Kier alpha value is -2.55. The average molecular weight is 396 g/mol. The van der Waals surface area contributed by atoms with Gasteiger partial charge in [0.25, 0.3) is 0 Å². The lowest BCUT2D eigenvalue weighted by atomic mass is 9.87. The van der Waals surface area contributed by atoms with Crippen molar-refractivity contribution in [3.05, 3.63) is 47.8 Å². The molecule has 1 fully saturated rings. The van der Waals surface area contributed by atoms with Crippen molar-refractivity contribution in [2.75, 3.05) is 19.7 Å². The van der Waals surface area contributed by atoms with Crippen LogP contribution in [0.1, 0.15) is 24.0 Å². The molecule has 0 spiro atoms. The Kier molecular flexibility index (Phi) is 5.93. The molecule has 2 N–H and O–H groups in total. The predicted molar refractivity (Wildman–Crippen MR) is 96.9 cm³/mol. The van der Waals surface area contributed by atoms with E-state index in [0.717, 1.165) is 5.56 Å². The molecule has 2 aromatic rings. The van der Waals surface area contributed by atoms with Gasteiger partial charge in [0.05, 0.1) is 0 Å². The molecule has 28 heavy (non-hydrogen) atoms. The molecule has 1 aromatic heterocycles. The lowest BCUT2D eigenvalue weighted by Crippen LogP contribution is -2.54. The number of nitrogens with zero attached hydrogens (tertiary/aromatic N) is 2. The Morgan fingerprint density at radius 2 is 2.11 bits per heavy atom. The van der Waals surface area contributed by atoms with Crippen LogP contribution in [0.25, 0.3) is 0 Å². The number of carbonyl (C=O) groups excluding carboxylic acids is 1. The van der Waals surface area contributed by atoms with E-state index in [1.807, 2.05) is 0 Å². The minimum atomic E-state index is -4.43. The Morgan fingerprint density at radius 1 is 1.36 bits per heavy atom. The summed E-state index contributed by atoms with van der Waals surface area (Å²) in [5.74, 6) is -0.0869. The van der Waals surface area contributed by atoms with Crippen molar-refractivity contribution in [2.45, 2.75) is 38.0 Å². The molecule has 0 bridgehead atoms. The molecule has 1 aliphatic rings. The van der Waals surface area contributed by atoms with Gasteiger partial charge in [0.2, 0.25) is 5.91 Å². The maximum absolute atomic E-state index is 13.1. The molecule has 0 saturated carbocycles. The van der Waals surface area contributed by atoms with E-state index in [2.05, 4.69) is 15.7 Å². The third kappa shape index (κ3) is 4.64. The zero-order chi connectivity index (χ0) is 20.2. The van der Waals surface area contributed by atoms with Crippen molar-refractivity contribution in [2.24, 2.45) is 0 Å². The van der Waals surface area contributed by atoms with Crippen molar-refractivity contribution in [3.8, 4) is 5.75 Å². The summed E-state index contributed by atoms with van der Waals surface area (Å²) >= 11 is 0. The second-order valence-electron chi connectivity index (χ2n) is 6.93. The molecule has 3 rings (SSSR count). The first-order valence-electron chi connectivity index (χ1n) is 9.08. The number of halogens is 3. The van der Waals surface area contributed by atoms with Crippen LogP contribution in [-0.4, -0.2) is 41.6 Å². The van der Waals surface area contributed by atoms with Gasteiger partial charge in [0.1, 0.15) is 11.3 Å². The number of aryl methyl sites for hydroxylation is 1. The van der Waals surface area contributed by atoms with E-state index in [1.54, 1.807) is 48.3 Å². The number of hydrogen-bond donors (Lipinski definition) is 2. The van der Waals surface area contributed by atoms with Crippen LogP contribution in [0.4, 0.5) is 13.2 Å². The van der Waals surface area contributed by atoms with E-state index in [9.17, 15) is 18.0 Å². The number of alkyl halides is 3. The third-order valence-electron chi connectivity index (χ3n) is 4.85. The number of ether oxygens (including phenoxy) is 1. The maximum Gasteiger partial charge on any atom is 0.422 e. The molecule has 2 heterocycles. The summed E-state index contributed by atoms with van der Waals surface area (Å²) in [6.45, 7) is 1.82. The average Bonchev–Trinajstić information content (AvgIpc) is 3.20. The van der Waals surface area contributed by atoms with Gasteiger partial charge in [-0.2, -0.15) is 18.3 Å². The maximum atomic E-state index is 13.1. The zero-order valence-electron chi connectivity index (χ0n) is 15.6. The summed E-state index contributed by atoms with van der Waals surface area (Å²) < 4.78 is 44.2. The van der Waals surface area contributed by atoms with Crippen LogP contribution < -0.4 is 15.4 Å². The highest BCUT2D eigenvalue weighted by Crippen LogP contribution is 2.28. The van der Waals surface area contributed by atoms with E-state index in [4.69, 9.17) is 4.74 Å². The molecule has 6 nitrogen and oxygen atoms in total. The number of benzene rings is 1. The largest absolute Gasteiger partial charge is 0.484 e. The fourth-order valence-corrected chi connectivity index (χ4v) is 3.36. The number of aromatic nitrogens is 2. The zero-order valence-corrected chi connectivity index (χ0v) is 15.6. The Morgan fingerprint density at radius 3 is 2.75 bits per heavy atom. The summed E-state index contributed by atoms with van der Waals surface area (Å²) in [5, 5.41) is 10.3. The quantitative estimate of drug-likeness (QED) is 0.788.